The maximum Gasteiger partial charge on any atom is 0.0373 e. The summed E-state index contributed by atoms with van der Waals surface area (Å²) in [7, 11) is 0. The number of nitrogens with zero attached hydrogens (tertiary/aromatic N) is 1. The van der Waals surface area contributed by atoms with E-state index in [1.807, 2.05) is 19.2 Å². The zero-order chi connectivity index (χ0) is 9.68. The van der Waals surface area contributed by atoms with E-state index in [0.717, 1.165) is 17.4 Å². The predicted molar refractivity (Wildman–Crippen MR) is 61.0 cm³/mol. The molecule has 1 nitrogen and oxygen atoms in total. The van der Waals surface area contributed by atoms with Gasteiger partial charge in [0, 0.05) is 17.2 Å². The molecule has 0 aliphatic rings. The first kappa shape index (κ1) is 10.5. The van der Waals surface area contributed by atoms with Crippen molar-refractivity contribution in [3.63, 3.8) is 0 Å². The van der Waals surface area contributed by atoms with Gasteiger partial charge in [-0.1, -0.05) is 40.6 Å². The van der Waals surface area contributed by atoms with Crippen molar-refractivity contribution in [1.82, 2.24) is 4.98 Å². The molecule has 0 fully saturated rings. The van der Waals surface area contributed by atoms with E-state index >= 15 is 0 Å². The van der Waals surface area contributed by atoms with Crippen molar-refractivity contribution in [3.05, 3.63) is 35.2 Å². The molecule has 0 aliphatic heterocycles. The van der Waals surface area contributed by atoms with Crippen LogP contribution < -0.4 is 0 Å². The number of aryl methyl sites for hydroxylation is 1. The van der Waals surface area contributed by atoms with Gasteiger partial charge >= 0.3 is 0 Å². The van der Waals surface area contributed by atoms with Gasteiger partial charge in [-0.3, -0.25) is 4.98 Å². The van der Waals surface area contributed by atoms with Crippen LogP contribution in [0.15, 0.2) is 23.9 Å². The normalized spacial score (nSPS) is 11.8. The zero-order valence-corrected chi connectivity index (χ0v) is 9.63. The minimum atomic E-state index is 0.942. The van der Waals surface area contributed by atoms with Gasteiger partial charge in [-0.2, -0.15) is 0 Å². The first-order valence-corrected chi connectivity index (χ1v) is 5.56. The third-order valence-corrected chi connectivity index (χ3v) is 2.65. The van der Waals surface area contributed by atoms with Crippen LogP contribution in [0.2, 0.25) is 0 Å². The fourth-order valence-electron chi connectivity index (χ4n) is 1.04. The van der Waals surface area contributed by atoms with Crippen LogP contribution in [0, 0.1) is 6.92 Å². The summed E-state index contributed by atoms with van der Waals surface area (Å²) in [5.74, 6) is 0. The average Bonchev–Trinajstić information content (AvgIpc) is 2.17. The summed E-state index contributed by atoms with van der Waals surface area (Å²) in [6.07, 6.45) is 5.17. The van der Waals surface area contributed by atoms with Crippen LogP contribution >= 0.6 is 15.9 Å². The molecule has 0 aromatic carbocycles. The molecule has 1 aromatic rings. The molecule has 0 unspecified atom stereocenters. The molecule has 0 saturated carbocycles. The van der Waals surface area contributed by atoms with E-state index in [4.69, 9.17) is 0 Å². The zero-order valence-electron chi connectivity index (χ0n) is 8.05. The maximum atomic E-state index is 4.24. The molecule has 0 saturated heterocycles. The van der Waals surface area contributed by atoms with E-state index in [1.165, 1.54) is 11.1 Å². The quantitative estimate of drug-likeness (QED) is 0.736. The van der Waals surface area contributed by atoms with Crippen LogP contribution in [0.3, 0.4) is 0 Å². The Morgan fingerprint density at radius 1 is 1.54 bits per heavy atom. The molecule has 0 amide bonds. The Kier molecular flexibility index (Phi) is 4.16. The van der Waals surface area contributed by atoms with E-state index < -0.39 is 0 Å². The maximum absolute atomic E-state index is 4.24. The summed E-state index contributed by atoms with van der Waals surface area (Å²) in [5, 5.41) is 0.942. The number of alkyl halides is 1. The second kappa shape index (κ2) is 5.18. The van der Waals surface area contributed by atoms with Gasteiger partial charge in [0.25, 0.3) is 0 Å². The summed E-state index contributed by atoms with van der Waals surface area (Å²) < 4.78 is 0. The van der Waals surface area contributed by atoms with Crippen molar-refractivity contribution in [2.75, 3.05) is 5.33 Å². The SMILES string of the molecule is CC/C(=C/c1ccc(C)nc1)CBr. The van der Waals surface area contributed by atoms with E-state index in [0.29, 0.717) is 0 Å². The third kappa shape index (κ3) is 3.31. The van der Waals surface area contributed by atoms with Crippen LogP contribution in [-0.4, -0.2) is 10.3 Å². The minimum absolute atomic E-state index is 0.942. The van der Waals surface area contributed by atoms with Crippen molar-refractivity contribution < 1.29 is 0 Å². The largest absolute Gasteiger partial charge is 0.261 e. The molecular formula is C11H14BrN. The number of rotatable bonds is 3. The molecule has 2 heteroatoms. The Labute approximate surface area is 88.0 Å². The number of pyridine rings is 1. The molecule has 1 rings (SSSR count). The fraction of sp³-hybridized carbons (Fsp3) is 0.364. The van der Waals surface area contributed by atoms with Crippen molar-refractivity contribution >= 4 is 22.0 Å². The van der Waals surface area contributed by atoms with Crippen LogP contribution in [0.5, 0.6) is 0 Å². The van der Waals surface area contributed by atoms with Gasteiger partial charge in [0.1, 0.15) is 0 Å². The van der Waals surface area contributed by atoms with Crippen molar-refractivity contribution in [1.29, 1.82) is 0 Å². The van der Waals surface area contributed by atoms with Crippen molar-refractivity contribution in [2.24, 2.45) is 0 Å². The molecule has 0 aliphatic carbocycles. The van der Waals surface area contributed by atoms with E-state index in [-0.39, 0.29) is 0 Å². The first-order chi connectivity index (χ1) is 6.26. The van der Waals surface area contributed by atoms with Crippen LogP contribution in [-0.2, 0) is 0 Å². The van der Waals surface area contributed by atoms with E-state index in [2.05, 4.69) is 40.0 Å². The Balaban J connectivity index is 2.84. The highest BCUT2D eigenvalue weighted by molar-refractivity contribution is 9.09. The molecule has 0 spiro atoms. The first-order valence-electron chi connectivity index (χ1n) is 4.44. The lowest BCUT2D eigenvalue weighted by atomic mass is 10.1. The smallest absolute Gasteiger partial charge is 0.0373 e. The molecule has 1 aromatic heterocycles. The molecule has 0 N–H and O–H groups in total. The number of allylic oxidation sites excluding steroid dienone is 1. The lowest BCUT2D eigenvalue weighted by Crippen LogP contribution is -1.84. The number of aromatic nitrogens is 1. The summed E-state index contributed by atoms with van der Waals surface area (Å²) >= 11 is 3.46. The molecular weight excluding hydrogens is 226 g/mol. The standard InChI is InChI=1S/C11H14BrN/c1-3-10(7-12)6-11-5-4-9(2)13-8-11/h4-6,8H,3,7H2,1-2H3/b10-6-. The van der Waals surface area contributed by atoms with Gasteiger partial charge in [0.2, 0.25) is 0 Å². The topological polar surface area (TPSA) is 12.9 Å². The highest BCUT2D eigenvalue weighted by atomic mass is 79.9. The monoisotopic (exact) mass is 239 g/mol. The Hall–Kier alpha value is -0.630. The second-order valence-corrected chi connectivity index (χ2v) is 3.58. The molecule has 0 bridgehead atoms. The number of halogens is 1. The molecule has 1 heterocycles. The van der Waals surface area contributed by atoms with Gasteiger partial charge in [-0.05, 0) is 25.0 Å². The molecule has 0 atom stereocenters. The Morgan fingerprint density at radius 3 is 2.77 bits per heavy atom. The summed E-state index contributed by atoms with van der Waals surface area (Å²) in [6.45, 7) is 4.16. The second-order valence-electron chi connectivity index (χ2n) is 3.02. The molecule has 70 valence electrons. The fourth-order valence-corrected chi connectivity index (χ4v) is 1.59. The summed E-state index contributed by atoms with van der Waals surface area (Å²) in [4.78, 5) is 4.24. The van der Waals surface area contributed by atoms with Crippen molar-refractivity contribution in [2.45, 2.75) is 20.3 Å². The lowest BCUT2D eigenvalue weighted by molar-refractivity contribution is 1.12. The van der Waals surface area contributed by atoms with E-state index in [1.54, 1.807) is 0 Å². The minimum Gasteiger partial charge on any atom is -0.261 e. The van der Waals surface area contributed by atoms with E-state index in [9.17, 15) is 0 Å². The van der Waals surface area contributed by atoms with Crippen LogP contribution in [0.1, 0.15) is 24.6 Å². The summed E-state index contributed by atoms with van der Waals surface area (Å²) in [6, 6.07) is 4.13. The third-order valence-electron chi connectivity index (χ3n) is 1.93. The highest BCUT2D eigenvalue weighted by Gasteiger charge is 1.93. The Morgan fingerprint density at radius 2 is 2.31 bits per heavy atom. The lowest BCUT2D eigenvalue weighted by Gasteiger charge is -1.99. The van der Waals surface area contributed by atoms with Crippen LogP contribution in [0.4, 0.5) is 0 Å². The highest BCUT2D eigenvalue weighted by Crippen LogP contribution is 2.11. The molecule has 13 heavy (non-hydrogen) atoms. The van der Waals surface area contributed by atoms with Gasteiger partial charge in [0.05, 0.1) is 0 Å². The predicted octanol–water partition coefficient (Wildman–Crippen LogP) is 3.58. The summed E-state index contributed by atoms with van der Waals surface area (Å²) in [5.41, 5.74) is 3.64. The van der Waals surface area contributed by atoms with Gasteiger partial charge in [0.15, 0.2) is 0 Å². The average molecular weight is 240 g/mol. The number of hydrogen-bond acceptors (Lipinski definition) is 1. The Bertz CT molecular complexity index is 281. The number of hydrogen-bond donors (Lipinski definition) is 0. The van der Waals surface area contributed by atoms with Gasteiger partial charge in [-0.25, -0.2) is 0 Å². The molecule has 0 radical (unpaired) electrons. The van der Waals surface area contributed by atoms with Gasteiger partial charge < -0.3 is 0 Å². The van der Waals surface area contributed by atoms with Crippen molar-refractivity contribution in [3.8, 4) is 0 Å². The van der Waals surface area contributed by atoms with Gasteiger partial charge in [-0.15, -0.1) is 0 Å². The van der Waals surface area contributed by atoms with Crippen LogP contribution in [0.25, 0.3) is 6.08 Å².